The largest absolute Gasteiger partial charge is 0.362 e. The third-order valence-corrected chi connectivity index (χ3v) is 7.67. The predicted molar refractivity (Wildman–Crippen MR) is 129 cm³/mol. The molecular formula is C24H30FN5O2S. The summed E-state index contributed by atoms with van der Waals surface area (Å²) < 4.78 is 41.2. The van der Waals surface area contributed by atoms with Gasteiger partial charge in [-0.1, -0.05) is 24.3 Å². The van der Waals surface area contributed by atoms with E-state index in [4.69, 9.17) is 0 Å². The zero-order chi connectivity index (χ0) is 23.4. The van der Waals surface area contributed by atoms with Gasteiger partial charge in [0.2, 0.25) is 16.0 Å². The quantitative estimate of drug-likeness (QED) is 0.516. The zero-order valence-electron chi connectivity index (χ0n) is 19.0. The van der Waals surface area contributed by atoms with Crippen molar-refractivity contribution >= 4 is 32.7 Å². The Labute approximate surface area is 194 Å². The van der Waals surface area contributed by atoms with Crippen LogP contribution in [-0.4, -0.2) is 45.6 Å². The van der Waals surface area contributed by atoms with Crippen LogP contribution >= 0.6 is 0 Å². The van der Waals surface area contributed by atoms with Crippen LogP contribution in [-0.2, 0) is 10.0 Å². The highest BCUT2D eigenvalue weighted by Gasteiger charge is 2.24. The number of anilines is 2. The first-order valence-corrected chi connectivity index (χ1v) is 12.7. The van der Waals surface area contributed by atoms with Crippen molar-refractivity contribution in [2.45, 2.75) is 30.6 Å². The van der Waals surface area contributed by atoms with Crippen molar-refractivity contribution in [2.75, 3.05) is 37.4 Å². The van der Waals surface area contributed by atoms with E-state index in [1.807, 2.05) is 43.3 Å². The number of nitrogens with one attached hydrogen (secondary N) is 2. The van der Waals surface area contributed by atoms with Gasteiger partial charge in [0.05, 0.1) is 5.52 Å². The molecule has 0 aliphatic heterocycles. The number of rotatable bonds is 8. The Hall–Kier alpha value is -2.78. The monoisotopic (exact) mass is 471 g/mol. The first-order valence-electron chi connectivity index (χ1n) is 11.3. The molecule has 1 fully saturated rings. The lowest BCUT2D eigenvalue weighted by atomic mass is 9.82. The molecule has 1 aliphatic rings. The molecule has 7 nitrogen and oxygen atoms in total. The molecule has 0 unspecified atom stereocenters. The topological polar surface area (TPSA) is 87.2 Å². The molecule has 0 bridgehead atoms. The normalized spacial score (nSPS) is 18.9. The Balaban J connectivity index is 1.29. The average Bonchev–Trinajstić information content (AvgIpc) is 2.81. The van der Waals surface area contributed by atoms with Crippen LogP contribution in [0.2, 0.25) is 0 Å². The van der Waals surface area contributed by atoms with E-state index >= 15 is 0 Å². The number of hydrogen-bond donors (Lipinski definition) is 2. The Morgan fingerprint density at radius 3 is 2.27 bits per heavy atom. The second-order valence-electron chi connectivity index (χ2n) is 8.83. The maximum absolute atomic E-state index is 13.8. The predicted octanol–water partition coefficient (Wildman–Crippen LogP) is 4.03. The van der Waals surface area contributed by atoms with Gasteiger partial charge in [-0.15, -0.1) is 0 Å². The molecule has 3 aromatic rings. The van der Waals surface area contributed by atoms with Gasteiger partial charge in [-0.25, -0.2) is 22.5 Å². The molecule has 33 heavy (non-hydrogen) atoms. The lowest BCUT2D eigenvalue weighted by Gasteiger charge is -2.28. The highest BCUT2D eigenvalue weighted by Crippen LogP contribution is 2.29. The molecule has 4 rings (SSSR count). The fourth-order valence-electron chi connectivity index (χ4n) is 4.32. The van der Waals surface area contributed by atoms with Gasteiger partial charge in [0.25, 0.3) is 0 Å². The van der Waals surface area contributed by atoms with Crippen LogP contribution < -0.4 is 14.9 Å². The first kappa shape index (κ1) is 23.4. The lowest BCUT2D eigenvalue weighted by Crippen LogP contribution is -2.32. The molecule has 1 heterocycles. The third kappa shape index (κ3) is 5.59. The molecule has 0 atom stereocenters. The van der Waals surface area contributed by atoms with Crippen LogP contribution in [0.1, 0.15) is 25.7 Å². The Morgan fingerprint density at radius 1 is 0.939 bits per heavy atom. The van der Waals surface area contributed by atoms with Crippen molar-refractivity contribution in [3.8, 4) is 0 Å². The minimum absolute atomic E-state index is 0.250. The minimum atomic E-state index is -3.84. The summed E-state index contributed by atoms with van der Waals surface area (Å²) in [6, 6.07) is 13.4. The SMILES string of the molecule is CN(C)c1nc(NC[C@H]2CC[C@H](CNS(=O)(=O)c3ccccc3F)CC2)nc2ccccc12. The molecular weight excluding hydrogens is 441 g/mol. The molecule has 1 aromatic heterocycles. The van der Waals surface area contributed by atoms with Crippen LogP contribution in [0.15, 0.2) is 53.4 Å². The molecule has 0 saturated heterocycles. The van der Waals surface area contributed by atoms with Crippen molar-refractivity contribution in [3.63, 3.8) is 0 Å². The van der Waals surface area contributed by atoms with E-state index < -0.39 is 15.8 Å². The number of benzene rings is 2. The highest BCUT2D eigenvalue weighted by atomic mass is 32.2. The van der Waals surface area contributed by atoms with Gasteiger partial charge in [-0.3, -0.25) is 0 Å². The number of hydrogen-bond acceptors (Lipinski definition) is 6. The standard InChI is InChI=1S/C24H30FN5O2S/c1-30(2)23-19-7-3-5-9-21(19)28-24(29-23)26-15-17-11-13-18(14-12-17)16-27-33(31,32)22-10-6-4-8-20(22)25/h3-10,17-18,27H,11-16H2,1-2H3,(H,26,28,29)/t17-,18-. The van der Waals surface area contributed by atoms with Crippen molar-refractivity contribution < 1.29 is 12.8 Å². The van der Waals surface area contributed by atoms with Crippen LogP contribution in [0.25, 0.3) is 10.9 Å². The summed E-state index contributed by atoms with van der Waals surface area (Å²) in [5, 5.41) is 4.42. The van der Waals surface area contributed by atoms with Crippen molar-refractivity contribution in [2.24, 2.45) is 11.8 Å². The molecule has 1 saturated carbocycles. The van der Waals surface area contributed by atoms with Crippen LogP contribution in [0.5, 0.6) is 0 Å². The van der Waals surface area contributed by atoms with Gasteiger partial charge in [-0.2, -0.15) is 4.98 Å². The van der Waals surface area contributed by atoms with Crippen LogP contribution in [0.4, 0.5) is 16.2 Å². The van der Waals surface area contributed by atoms with Gasteiger partial charge in [-0.05, 0) is 61.8 Å². The number of fused-ring (bicyclic) bond motifs is 1. The average molecular weight is 472 g/mol. The molecule has 176 valence electrons. The van der Waals surface area contributed by atoms with E-state index in [-0.39, 0.29) is 10.8 Å². The van der Waals surface area contributed by atoms with E-state index in [1.54, 1.807) is 0 Å². The van der Waals surface area contributed by atoms with Crippen LogP contribution in [0, 0.1) is 17.7 Å². The van der Waals surface area contributed by atoms with E-state index in [2.05, 4.69) is 20.0 Å². The minimum Gasteiger partial charge on any atom is -0.362 e. The summed E-state index contributed by atoms with van der Waals surface area (Å²) in [5.41, 5.74) is 0.907. The molecule has 2 N–H and O–H groups in total. The van der Waals surface area contributed by atoms with Gasteiger partial charge in [0, 0.05) is 32.6 Å². The van der Waals surface area contributed by atoms with E-state index in [9.17, 15) is 12.8 Å². The van der Waals surface area contributed by atoms with Crippen molar-refractivity contribution in [1.29, 1.82) is 0 Å². The van der Waals surface area contributed by atoms with E-state index in [1.165, 1.54) is 18.2 Å². The summed E-state index contributed by atoms with van der Waals surface area (Å²) in [7, 11) is 0.108. The first-order chi connectivity index (χ1) is 15.8. The summed E-state index contributed by atoms with van der Waals surface area (Å²) in [5.74, 6) is 1.50. The highest BCUT2D eigenvalue weighted by molar-refractivity contribution is 7.89. The molecule has 9 heteroatoms. The molecule has 0 spiro atoms. The van der Waals surface area contributed by atoms with Gasteiger partial charge < -0.3 is 10.2 Å². The number of nitrogens with zero attached hydrogens (tertiary/aromatic N) is 3. The smallest absolute Gasteiger partial charge is 0.243 e. The number of halogens is 1. The van der Waals surface area contributed by atoms with Crippen molar-refractivity contribution in [1.82, 2.24) is 14.7 Å². The third-order valence-electron chi connectivity index (χ3n) is 6.21. The summed E-state index contributed by atoms with van der Waals surface area (Å²) in [4.78, 5) is 11.0. The van der Waals surface area contributed by atoms with Gasteiger partial charge in [0.1, 0.15) is 16.5 Å². The number of para-hydroxylation sites is 1. The Kier molecular flexibility index (Phi) is 7.09. The number of sulfonamides is 1. The van der Waals surface area contributed by atoms with Crippen molar-refractivity contribution in [3.05, 3.63) is 54.3 Å². The molecule has 0 radical (unpaired) electrons. The van der Waals surface area contributed by atoms with E-state index in [0.29, 0.717) is 18.4 Å². The summed E-state index contributed by atoms with van der Waals surface area (Å²) >= 11 is 0. The second-order valence-corrected chi connectivity index (χ2v) is 10.6. The fourth-order valence-corrected chi connectivity index (χ4v) is 5.52. The van der Waals surface area contributed by atoms with Gasteiger partial charge in [0.15, 0.2) is 0 Å². The second kappa shape index (κ2) is 10.0. The van der Waals surface area contributed by atoms with Gasteiger partial charge >= 0.3 is 0 Å². The molecule has 0 amide bonds. The maximum Gasteiger partial charge on any atom is 0.243 e. The Bertz CT molecular complexity index is 1210. The fraction of sp³-hybridized carbons (Fsp3) is 0.417. The lowest BCUT2D eigenvalue weighted by molar-refractivity contribution is 0.284. The van der Waals surface area contributed by atoms with E-state index in [0.717, 1.165) is 55.0 Å². The maximum atomic E-state index is 13.8. The summed E-state index contributed by atoms with van der Waals surface area (Å²) in [6.45, 7) is 1.11. The number of aromatic nitrogens is 2. The molecule has 1 aliphatic carbocycles. The Morgan fingerprint density at radius 2 is 1.58 bits per heavy atom. The zero-order valence-corrected chi connectivity index (χ0v) is 19.8. The van der Waals surface area contributed by atoms with Crippen LogP contribution in [0.3, 0.4) is 0 Å². The molecule has 2 aromatic carbocycles. The summed E-state index contributed by atoms with van der Waals surface area (Å²) in [6.07, 6.45) is 3.84.